The van der Waals surface area contributed by atoms with Crippen molar-refractivity contribution in [1.29, 1.82) is 0 Å². The van der Waals surface area contributed by atoms with E-state index in [-0.39, 0.29) is 17.6 Å². The average Bonchev–Trinajstić information content (AvgIpc) is 2.73. The van der Waals surface area contributed by atoms with Crippen molar-refractivity contribution < 1.29 is 9.18 Å². The molecule has 0 spiro atoms. The Hall–Kier alpha value is -3.35. The number of anilines is 2. The lowest BCUT2D eigenvalue weighted by atomic mass is 9.93. The molecule has 0 bridgehead atoms. The zero-order chi connectivity index (χ0) is 21.1. The van der Waals surface area contributed by atoms with Crippen LogP contribution in [-0.2, 0) is 0 Å². The van der Waals surface area contributed by atoms with Crippen molar-refractivity contribution >= 4 is 17.3 Å². The van der Waals surface area contributed by atoms with Crippen molar-refractivity contribution in [2.75, 3.05) is 18.4 Å². The summed E-state index contributed by atoms with van der Waals surface area (Å²) in [6.45, 7) is 5.07. The van der Waals surface area contributed by atoms with Gasteiger partial charge in [0, 0.05) is 48.0 Å². The Kier molecular flexibility index (Phi) is 5.70. The average molecular weight is 405 g/mol. The highest BCUT2D eigenvalue weighted by atomic mass is 19.1. The largest absolute Gasteiger partial charge is 0.355 e. The molecule has 1 fully saturated rings. The number of amides is 1. The number of aromatic nitrogens is 3. The van der Waals surface area contributed by atoms with Crippen molar-refractivity contribution in [3.8, 4) is 0 Å². The van der Waals surface area contributed by atoms with Crippen LogP contribution in [0.4, 0.5) is 15.8 Å². The van der Waals surface area contributed by atoms with Crippen molar-refractivity contribution in [2.45, 2.75) is 32.6 Å². The summed E-state index contributed by atoms with van der Waals surface area (Å²) in [5.41, 5.74) is 4.50. The van der Waals surface area contributed by atoms with Crippen molar-refractivity contribution in [3.63, 3.8) is 0 Å². The number of nitrogens with one attached hydrogen (secondary N) is 1. The highest BCUT2D eigenvalue weighted by Gasteiger charge is 2.27. The lowest BCUT2D eigenvalue weighted by Gasteiger charge is -2.32. The van der Waals surface area contributed by atoms with Gasteiger partial charge in [-0.3, -0.25) is 14.8 Å². The molecule has 0 unspecified atom stereocenters. The summed E-state index contributed by atoms with van der Waals surface area (Å²) < 4.78 is 13.5. The fourth-order valence-electron chi connectivity index (χ4n) is 3.78. The SMILES string of the molecule is Cc1cnc(C(=O)N2CCC[C@H](c3cc(Nc4cccc(F)c4)cc(C)n3)C2)cn1. The fraction of sp³-hybridized carbons (Fsp3) is 0.304. The maximum absolute atomic E-state index is 13.5. The number of benzene rings is 1. The van der Waals surface area contributed by atoms with Crippen LogP contribution in [0, 0.1) is 19.7 Å². The molecule has 1 saturated heterocycles. The van der Waals surface area contributed by atoms with Crippen molar-refractivity contribution in [2.24, 2.45) is 0 Å². The zero-order valence-electron chi connectivity index (χ0n) is 17.1. The number of pyridine rings is 1. The second-order valence-electron chi connectivity index (χ2n) is 7.69. The molecule has 4 rings (SSSR count). The van der Waals surface area contributed by atoms with Crippen molar-refractivity contribution in [3.05, 3.63) is 77.4 Å². The van der Waals surface area contributed by atoms with Gasteiger partial charge in [-0.05, 0) is 57.0 Å². The molecular formula is C23H24FN5O. The van der Waals surface area contributed by atoms with Gasteiger partial charge in [0.25, 0.3) is 5.91 Å². The van der Waals surface area contributed by atoms with Gasteiger partial charge in [-0.1, -0.05) is 6.07 Å². The summed E-state index contributed by atoms with van der Waals surface area (Å²) in [4.78, 5) is 27.8. The van der Waals surface area contributed by atoms with E-state index >= 15 is 0 Å². The first-order valence-electron chi connectivity index (χ1n) is 10.1. The van der Waals surface area contributed by atoms with Gasteiger partial charge >= 0.3 is 0 Å². The van der Waals surface area contributed by atoms with Crippen LogP contribution in [0.3, 0.4) is 0 Å². The van der Waals surface area contributed by atoms with Crippen molar-refractivity contribution in [1.82, 2.24) is 19.9 Å². The normalized spacial score (nSPS) is 16.4. The molecular weight excluding hydrogens is 381 g/mol. The summed E-state index contributed by atoms with van der Waals surface area (Å²) in [6.07, 6.45) is 5.01. The number of likely N-dealkylation sites (tertiary alicyclic amines) is 1. The first-order valence-corrected chi connectivity index (χ1v) is 10.1. The van der Waals surface area contributed by atoms with E-state index in [0.29, 0.717) is 24.5 Å². The molecule has 0 aliphatic carbocycles. The van der Waals surface area contributed by atoms with Gasteiger partial charge in [-0.25, -0.2) is 9.37 Å². The number of hydrogen-bond donors (Lipinski definition) is 1. The number of aryl methyl sites for hydroxylation is 2. The van der Waals surface area contributed by atoms with Crippen LogP contribution in [0.1, 0.15) is 46.3 Å². The van der Waals surface area contributed by atoms with E-state index in [1.165, 1.54) is 18.3 Å². The molecule has 30 heavy (non-hydrogen) atoms. The third-order valence-electron chi connectivity index (χ3n) is 5.21. The molecule has 3 aromatic rings. The number of carbonyl (C=O) groups is 1. The first-order chi connectivity index (χ1) is 14.5. The van der Waals surface area contributed by atoms with Crippen LogP contribution in [0.25, 0.3) is 0 Å². The van der Waals surface area contributed by atoms with Gasteiger partial charge in [0.15, 0.2) is 0 Å². The Balaban J connectivity index is 1.52. The Morgan fingerprint density at radius 1 is 1.10 bits per heavy atom. The highest BCUT2D eigenvalue weighted by molar-refractivity contribution is 5.92. The first kappa shape index (κ1) is 19.9. The van der Waals surface area contributed by atoms with E-state index in [9.17, 15) is 9.18 Å². The molecule has 6 nitrogen and oxygen atoms in total. The van der Waals surface area contributed by atoms with Crippen LogP contribution in [0.2, 0.25) is 0 Å². The molecule has 0 radical (unpaired) electrons. The maximum Gasteiger partial charge on any atom is 0.274 e. The smallest absolute Gasteiger partial charge is 0.274 e. The molecule has 1 N–H and O–H groups in total. The summed E-state index contributed by atoms with van der Waals surface area (Å²) in [5.74, 6) is -0.251. The second-order valence-corrected chi connectivity index (χ2v) is 7.69. The van der Waals surface area contributed by atoms with Gasteiger partial charge in [-0.2, -0.15) is 0 Å². The van der Waals surface area contributed by atoms with E-state index in [2.05, 4.69) is 15.3 Å². The Morgan fingerprint density at radius 2 is 1.97 bits per heavy atom. The lowest BCUT2D eigenvalue weighted by molar-refractivity contribution is 0.0699. The van der Waals surface area contributed by atoms with Crippen LogP contribution in [0.15, 0.2) is 48.8 Å². The van der Waals surface area contributed by atoms with E-state index in [1.54, 1.807) is 12.3 Å². The van der Waals surface area contributed by atoms with E-state index < -0.39 is 0 Å². The molecule has 1 atom stereocenters. The minimum Gasteiger partial charge on any atom is -0.355 e. The van der Waals surface area contributed by atoms with E-state index in [0.717, 1.165) is 35.6 Å². The lowest BCUT2D eigenvalue weighted by Crippen LogP contribution is -2.39. The Labute approximate surface area is 175 Å². The molecule has 7 heteroatoms. The molecule has 1 amide bonds. The van der Waals surface area contributed by atoms with E-state index in [1.807, 2.05) is 36.9 Å². The number of rotatable bonds is 4. The predicted octanol–water partition coefficient (Wildman–Crippen LogP) is 4.39. The van der Waals surface area contributed by atoms with Crippen LogP contribution in [-0.4, -0.2) is 38.8 Å². The zero-order valence-corrected chi connectivity index (χ0v) is 17.1. The van der Waals surface area contributed by atoms with Gasteiger partial charge in [0.05, 0.1) is 11.9 Å². The molecule has 0 saturated carbocycles. The van der Waals surface area contributed by atoms with Gasteiger partial charge in [0.1, 0.15) is 11.5 Å². The second kappa shape index (κ2) is 8.57. The molecule has 1 aliphatic heterocycles. The summed E-state index contributed by atoms with van der Waals surface area (Å²) in [5, 5.41) is 3.25. The van der Waals surface area contributed by atoms with Gasteiger partial charge in [-0.15, -0.1) is 0 Å². The predicted molar refractivity (Wildman–Crippen MR) is 113 cm³/mol. The molecule has 1 aromatic carbocycles. The maximum atomic E-state index is 13.5. The van der Waals surface area contributed by atoms with Gasteiger partial charge < -0.3 is 10.2 Å². The summed E-state index contributed by atoms with van der Waals surface area (Å²) >= 11 is 0. The van der Waals surface area contributed by atoms with Gasteiger partial charge in [0.2, 0.25) is 0 Å². The fourth-order valence-corrected chi connectivity index (χ4v) is 3.78. The number of carbonyl (C=O) groups excluding carboxylic acids is 1. The topological polar surface area (TPSA) is 71.0 Å². The monoisotopic (exact) mass is 405 g/mol. The van der Waals surface area contributed by atoms with Crippen LogP contribution < -0.4 is 5.32 Å². The number of nitrogens with zero attached hydrogens (tertiary/aromatic N) is 4. The Morgan fingerprint density at radius 3 is 2.73 bits per heavy atom. The quantitative estimate of drug-likeness (QED) is 0.697. The standard InChI is InChI=1S/C23H24FN5O/c1-15-9-20(28-19-7-3-6-18(24)10-19)11-21(27-15)17-5-4-8-29(14-17)23(30)22-13-25-16(2)12-26-22/h3,6-7,9-13,17H,4-5,8,14H2,1-2H3,(H,27,28)/t17-/m0/s1. The number of hydrogen-bond acceptors (Lipinski definition) is 5. The molecule has 2 aromatic heterocycles. The van der Waals surface area contributed by atoms with E-state index in [4.69, 9.17) is 4.98 Å². The van der Waals surface area contributed by atoms with Crippen LogP contribution in [0.5, 0.6) is 0 Å². The summed E-state index contributed by atoms with van der Waals surface area (Å²) in [6, 6.07) is 10.3. The molecule has 3 heterocycles. The number of piperidine rings is 1. The van der Waals surface area contributed by atoms with Crippen LogP contribution >= 0.6 is 0 Å². The highest BCUT2D eigenvalue weighted by Crippen LogP contribution is 2.29. The minimum atomic E-state index is -0.286. The third-order valence-corrected chi connectivity index (χ3v) is 5.21. The molecule has 1 aliphatic rings. The minimum absolute atomic E-state index is 0.0991. The number of halogens is 1. The summed E-state index contributed by atoms with van der Waals surface area (Å²) in [7, 11) is 0. The molecule has 154 valence electrons. The third kappa shape index (κ3) is 4.62. The Bertz CT molecular complexity index is 1050.